The Kier molecular flexibility index (Phi) is 4.24. The molecular formula is C16H19NO2. The van der Waals surface area contributed by atoms with E-state index in [0.717, 1.165) is 18.0 Å². The number of benzene rings is 1. The minimum Gasteiger partial charge on any atom is -0.384 e. The molecule has 1 aromatic carbocycles. The monoisotopic (exact) mass is 257 g/mol. The van der Waals surface area contributed by atoms with Gasteiger partial charge >= 0.3 is 0 Å². The number of hydrogen-bond acceptors (Lipinski definition) is 2. The van der Waals surface area contributed by atoms with Crippen LogP contribution in [0.4, 0.5) is 0 Å². The summed E-state index contributed by atoms with van der Waals surface area (Å²) in [5, 5.41) is 11.7. The molecule has 19 heavy (non-hydrogen) atoms. The van der Waals surface area contributed by atoms with Gasteiger partial charge in [-0.15, -0.1) is 0 Å². The summed E-state index contributed by atoms with van der Waals surface area (Å²) in [5.74, 6) is 6.71. The van der Waals surface area contributed by atoms with Gasteiger partial charge in [0.05, 0.1) is 5.56 Å². The van der Waals surface area contributed by atoms with Gasteiger partial charge in [-0.1, -0.05) is 24.8 Å². The van der Waals surface area contributed by atoms with Gasteiger partial charge in [0.25, 0.3) is 5.91 Å². The molecule has 3 heteroatoms. The van der Waals surface area contributed by atoms with Crippen LogP contribution in [0.1, 0.15) is 34.8 Å². The lowest BCUT2D eigenvalue weighted by Gasteiger charge is -2.07. The van der Waals surface area contributed by atoms with Crippen molar-refractivity contribution in [1.82, 2.24) is 5.32 Å². The molecule has 0 aromatic heterocycles. The molecule has 1 fully saturated rings. The molecule has 0 saturated heterocycles. The highest BCUT2D eigenvalue weighted by Gasteiger charge is 2.32. The second-order valence-corrected chi connectivity index (χ2v) is 5.19. The van der Waals surface area contributed by atoms with E-state index in [4.69, 9.17) is 5.11 Å². The van der Waals surface area contributed by atoms with Crippen molar-refractivity contribution in [1.29, 1.82) is 0 Å². The molecule has 0 bridgehead atoms. The summed E-state index contributed by atoms with van der Waals surface area (Å²) in [6.07, 6.45) is 1.20. The summed E-state index contributed by atoms with van der Waals surface area (Å²) in [7, 11) is 0. The minimum absolute atomic E-state index is 0.0821. The topological polar surface area (TPSA) is 49.3 Å². The third-order valence-electron chi connectivity index (χ3n) is 3.52. The quantitative estimate of drug-likeness (QED) is 0.810. The van der Waals surface area contributed by atoms with Gasteiger partial charge in [0.15, 0.2) is 0 Å². The molecule has 0 radical (unpaired) electrons. The molecule has 2 atom stereocenters. The SMILES string of the molecule is Cc1ccc(C(=O)NCC2CC2C)c(C#CCO)c1. The number of amides is 1. The van der Waals surface area contributed by atoms with Crippen LogP contribution in [0, 0.1) is 30.6 Å². The maximum Gasteiger partial charge on any atom is 0.252 e. The zero-order valence-electron chi connectivity index (χ0n) is 11.4. The van der Waals surface area contributed by atoms with E-state index in [9.17, 15) is 4.79 Å². The molecule has 0 spiro atoms. The van der Waals surface area contributed by atoms with Crippen LogP contribution in [0.2, 0.25) is 0 Å². The van der Waals surface area contributed by atoms with Gasteiger partial charge in [0, 0.05) is 12.1 Å². The van der Waals surface area contributed by atoms with E-state index in [1.807, 2.05) is 19.1 Å². The Morgan fingerprint density at radius 1 is 1.53 bits per heavy atom. The average molecular weight is 257 g/mol. The zero-order chi connectivity index (χ0) is 13.8. The van der Waals surface area contributed by atoms with E-state index in [1.165, 1.54) is 6.42 Å². The molecule has 2 N–H and O–H groups in total. The molecule has 3 nitrogen and oxygen atoms in total. The van der Waals surface area contributed by atoms with Crippen molar-refractivity contribution in [2.24, 2.45) is 11.8 Å². The Hall–Kier alpha value is -1.79. The van der Waals surface area contributed by atoms with Crippen molar-refractivity contribution in [3.05, 3.63) is 34.9 Å². The Labute approximate surface area is 114 Å². The molecule has 0 aliphatic heterocycles. The van der Waals surface area contributed by atoms with Gasteiger partial charge < -0.3 is 10.4 Å². The number of nitrogens with one attached hydrogen (secondary N) is 1. The van der Waals surface area contributed by atoms with Crippen molar-refractivity contribution in [3.8, 4) is 11.8 Å². The number of aryl methyl sites for hydroxylation is 1. The first kappa shape index (κ1) is 13.6. The summed E-state index contributed by atoms with van der Waals surface area (Å²) in [4.78, 5) is 12.1. The molecule has 1 aliphatic rings. The first-order valence-electron chi connectivity index (χ1n) is 6.60. The van der Waals surface area contributed by atoms with Crippen LogP contribution in [0.3, 0.4) is 0 Å². The second-order valence-electron chi connectivity index (χ2n) is 5.19. The Bertz CT molecular complexity index is 539. The molecule has 1 aliphatic carbocycles. The fourth-order valence-corrected chi connectivity index (χ4v) is 2.10. The summed E-state index contributed by atoms with van der Waals surface area (Å²) in [5.41, 5.74) is 2.31. The van der Waals surface area contributed by atoms with Crippen LogP contribution in [-0.4, -0.2) is 24.2 Å². The lowest BCUT2D eigenvalue weighted by atomic mass is 10.0. The van der Waals surface area contributed by atoms with Gasteiger partial charge in [-0.05, 0) is 42.9 Å². The fourth-order valence-electron chi connectivity index (χ4n) is 2.10. The first-order valence-corrected chi connectivity index (χ1v) is 6.60. The molecule has 1 aromatic rings. The maximum atomic E-state index is 12.1. The average Bonchev–Trinajstić information content (AvgIpc) is 3.09. The summed E-state index contributed by atoms with van der Waals surface area (Å²) < 4.78 is 0. The van der Waals surface area contributed by atoms with Crippen LogP contribution in [0.5, 0.6) is 0 Å². The van der Waals surface area contributed by atoms with E-state index in [2.05, 4.69) is 24.1 Å². The third-order valence-corrected chi connectivity index (χ3v) is 3.52. The first-order chi connectivity index (χ1) is 9.11. The normalized spacial score (nSPS) is 20.4. The highest BCUT2D eigenvalue weighted by atomic mass is 16.2. The van der Waals surface area contributed by atoms with Crippen molar-refractivity contribution in [3.63, 3.8) is 0 Å². The van der Waals surface area contributed by atoms with Crippen LogP contribution in [-0.2, 0) is 0 Å². The van der Waals surface area contributed by atoms with Gasteiger partial charge in [0.2, 0.25) is 0 Å². The Balaban J connectivity index is 2.10. The molecule has 2 rings (SSSR count). The van der Waals surface area contributed by atoms with Crippen molar-refractivity contribution < 1.29 is 9.90 Å². The van der Waals surface area contributed by atoms with Gasteiger partial charge in [-0.3, -0.25) is 4.79 Å². The smallest absolute Gasteiger partial charge is 0.252 e. The summed E-state index contributed by atoms with van der Waals surface area (Å²) >= 11 is 0. The van der Waals surface area contributed by atoms with E-state index in [1.54, 1.807) is 6.07 Å². The fraction of sp³-hybridized carbons (Fsp3) is 0.438. The largest absolute Gasteiger partial charge is 0.384 e. The van der Waals surface area contributed by atoms with Crippen LogP contribution >= 0.6 is 0 Å². The van der Waals surface area contributed by atoms with E-state index >= 15 is 0 Å². The van der Waals surface area contributed by atoms with Crippen molar-refractivity contribution >= 4 is 5.91 Å². The number of aliphatic hydroxyl groups excluding tert-OH is 1. The van der Waals surface area contributed by atoms with Crippen LogP contribution < -0.4 is 5.32 Å². The van der Waals surface area contributed by atoms with Crippen LogP contribution in [0.25, 0.3) is 0 Å². The van der Waals surface area contributed by atoms with Gasteiger partial charge in [-0.2, -0.15) is 0 Å². The minimum atomic E-state index is -0.200. The van der Waals surface area contributed by atoms with Crippen LogP contribution in [0.15, 0.2) is 18.2 Å². The molecule has 1 saturated carbocycles. The highest BCUT2D eigenvalue weighted by Crippen LogP contribution is 2.36. The number of carbonyl (C=O) groups excluding carboxylic acids is 1. The lowest BCUT2D eigenvalue weighted by molar-refractivity contribution is 0.0951. The Morgan fingerprint density at radius 2 is 2.26 bits per heavy atom. The standard InChI is InChI=1S/C16H19NO2/c1-11-5-6-15(13(8-11)4-3-7-18)16(19)17-10-14-9-12(14)2/h5-6,8,12,14,18H,7,9-10H2,1-2H3,(H,17,19). The van der Waals surface area contributed by atoms with Crippen molar-refractivity contribution in [2.75, 3.05) is 13.2 Å². The lowest BCUT2D eigenvalue weighted by Crippen LogP contribution is -2.26. The Morgan fingerprint density at radius 3 is 2.89 bits per heavy atom. The van der Waals surface area contributed by atoms with E-state index < -0.39 is 0 Å². The molecule has 2 unspecified atom stereocenters. The number of aliphatic hydroxyl groups is 1. The molecule has 100 valence electrons. The predicted molar refractivity (Wildman–Crippen MR) is 74.7 cm³/mol. The maximum absolute atomic E-state index is 12.1. The number of carbonyl (C=O) groups is 1. The molecule has 0 heterocycles. The van der Waals surface area contributed by atoms with Gasteiger partial charge in [0.1, 0.15) is 6.61 Å². The number of hydrogen-bond donors (Lipinski definition) is 2. The molecular weight excluding hydrogens is 238 g/mol. The molecule has 1 amide bonds. The van der Waals surface area contributed by atoms with Gasteiger partial charge in [-0.25, -0.2) is 0 Å². The zero-order valence-corrected chi connectivity index (χ0v) is 11.4. The van der Waals surface area contributed by atoms with E-state index in [-0.39, 0.29) is 12.5 Å². The van der Waals surface area contributed by atoms with E-state index in [0.29, 0.717) is 17.0 Å². The second kappa shape index (κ2) is 5.90. The summed E-state index contributed by atoms with van der Waals surface area (Å²) in [6, 6.07) is 5.57. The predicted octanol–water partition coefficient (Wildman–Crippen LogP) is 1.72. The highest BCUT2D eigenvalue weighted by molar-refractivity contribution is 5.96. The number of rotatable bonds is 3. The van der Waals surface area contributed by atoms with Crippen molar-refractivity contribution in [2.45, 2.75) is 20.3 Å². The third kappa shape index (κ3) is 3.59. The summed E-state index contributed by atoms with van der Waals surface area (Å²) in [6.45, 7) is 4.69.